The maximum atomic E-state index is 13.2. The van der Waals surface area contributed by atoms with Crippen molar-refractivity contribution in [2.45, 2.75) is 6.18 Å². The highest BCUT2D eigenvalue weighted by Gasteiger charge is 2.35. The van der Waals surface area contributed by atoms with E-state index in [-0.39, 0.29) is 17.2 Å². The molecule has 0 radical (unpaired) electrons. The first-order valence-electron chi connectivity index (χ1n) is 8.74. The molecule has 0 unspecified atom stereocenters. The van der Waals surface area contributed by atoms with Crippen molar-refractivity contribution >= 4 is 17.5 Å². The molecule has 7 nitrogen and oxygen atoms in total. The molecule has 2 amide bonds. The Labute approximate surface area is 163 Å². The number of carbonyl (C=O) groups is 2. The summed E-state index contributed by atoms with van der Waals surface area (Å²) in [5, 5.41) is 2.21. The molecule has 10 heteroatoms. The Hall–Kier alpha value is -3.14. The Balaban J connectivity index is 1.92. The van der Waals surface area contributed by atoms with Gasteiger partial charge in [-0.25, -0.2) is 0 Å². The molecule has 0 aliphatic carbocycles. The summed E-state index contributed by atoms with van der Waals surface area (Å²) in [5.41, 5.74) is -2.54. The second kappa shape index (κ2) is 8.08. The van der Waals surface area contributed by atoms with E-state index in [1.54, 1.807) is 0 Å². The van der Waals surface area contributed by atoms with Crippen LogP contribution in [0.1, 0.15) is 26.3 Å². The van der Waals surface area contributed by atoms with E-state index in [0.717, 1.165) is 16.7 Å². The fourth-order valence-electron chi connectivity index (χ4n) is 2.99. The molecule has 0 saturated carbocycles. The molecule has 2 heterocycles. The van der Waals surface area contributed by atoms with Crippen molar-refractivity contribution < 1.29 is 27.5 Å². The quantitative estimate of drug-likeness (QED) is 0.842. The molecule has 0 bridgehead atoms. The summed E-state index contributed by atoms with van der Waals surface area (Å²) in [4.78, 5) is 39.0. The van der Waals surface area contributed by atoms with Gasteiger partial charge in [0.2, 0.25) is 0 Å². The molecule has 29 heavy (non-hydrogen) atoms. The molecule has 154 valence electrons. The molecule has 1 aliphatic heterocycles. The third-order valence-corrected chi connectivity index (χ3v) is 4.45. The number of rotatable bonds is 3. The van der Waals surface area contributed by atoms with E-state index in [1.165, 1.54) is 36.3 Å². The number of anilines is 1. The monoisotopic (exact) mass is 409 g/mol. The first-order valence-corrected chi connectivity index (χ1v) is 8.74. The summed E-state index contributed by atoms with van der Waals surface area (Å²) in [6.45, 7) is 1.52. The molecule has 1 N–H and O–H groups in total. The van der Waals surface area contributed by atoms with Gasteiger partial charge in [0.1, 0.15) is 5.69 Å². The van der Waals surface area contributed by atoms with E-state index in [1.807, 2.05) is 0 Å². The van der Waals surface area contributed by atoms with Crippen molar-refractivity contribution in [3.63, 3.8) is 0 Å². The molecule has 0 atom stereocenters. The summed E-state index contributed by atoms with van der Waals surface area (Å²) >= 11 is 0. The number of hydrogen-bond acceptors (Lipinski definition) is 4. The summed E-state index contributed by atoms with van der Waals surface area (Å²) < 4.78 is 45.8. The molecule has 3 rings (SSSR count). The van der Waals surface area contributed by atoms with Gasteiger partial charge >= 0.3 is 6.18 Å². The molecule has 1 saturated heterocycles. The number of aromatic nitrogens is 1. The molecule has 2 aromatic rings. The number of hydrogen-bond donors (Lipinski definition) is 1. The summed E-state index contributed by atoms with van der Waals surface area (Å²) in [6, 6.07) is 5.44. The average Bonchev–Trinajstić information content (AvgIpc) is 2.70. The lowest BCUT2D eigenvalue weighted by Gasteiger charge is -2.27. The minimum atomic E-state index is -4.73. The van der Waals surface area contributed by atoms with Crippen LogP contribution < -0.4 is 10.9 Å². The highest BCUT2D eigenvalue weighted by atomic mass is 19.4. The first-order chi connectivity index (χ1) is 13.7. The van der Waals surface area contributed by atoms with Gasteiger partial charge < -0.3 is 19.5 Å². The SMILES string of the molecule is Cn1cc(C(=O)N2CCOCC2)cc(NC(=O)c2ccccc2C(F)(F)F)c1=O. The average molecular weight is 409 g/mol. The van der Waals surface area contributed by atoms with Crippen molar-refractivity contribution in [3.8, 4) is 0 Å². The Morgan fingerprint density at radius 2 is 1.79 bits per heavy atom. The number of nitrogens with one attached hydrogen (secondary N) is 1. The maximum absolute atomic E-state index is 13.2. The minimum Gasteiger partial charge on any atom is -0.378 e. The zero-order valence-corrected chi connectivity index (χ0v) is 15.5. The lowest BCUT2D eigenvalue weighted by molar-refractivity contribution is -0.137. The van der Waals surface area contributed by atoms with Crippen LogP contribution >= 0.6 is 0 Å². The van der Waals surface area contributed by atoms with Crippen LogP contribution in [-0.4, -0.2) is 47.6 Å². The van der Waals surface area contributed by atoms with E-state index in [2.05, 4.69) is 5.32 Å². The van der Waals surface area contributed by atoms with Gasteiger partial charge in [-0.1, -0.05) is 12.1 Å². The number of carbonyl (C=O) groups excluding carboxylic acids is 2. The largest absolute Gasteiger partial charge is 0.417 e. The van der Waals surface area contributed by atoms with Gasteiger partial charge in [-0.05, 0) is 18.2 Å². The van der Waals surface area contributed by atoms with Crippen molar-refractivity contribution in [2.75, 3.05) is 31.6 Å². The lowest BCUT2D eigenvalue weighted by atomic mass is 10.1. The molecule has 1 aromatic heterocycles. The van der Waals surface area contributed by atoms with Crippen molar-refractivity contribution in [1.29, 1.82) is 0 Å². The summed E-state index contributed by atoms with van der Waals surface area (Å²) in [5.74, 6) is -1.46. The van der Waals surface area contributed by atoms with Crippen LogP contribution in [0.2, 0.25) is 0 Å². The molecular weight excluding hydrogens is 391 g/mol. The van der Waals surface area contributed by atoms with Gasteiger partial charge in [-0.15, -0.1) is 0 Å². The van der Waals surface area contributed by atoms with Gasteiger partial charge in [0, 0.05) is 26.3 Å². The fourth-order valence-corrected chi connectivity index (χ4v) is 2.99. The lowest BCUT2D eigenvalue weighted by Crippen LogP contribution is -2.41. The highest BCUT2D eigenvalue weighted by molar-refractivity contribution is 6.06. The third-order valence-electron chi connectivity index (χ3n) is 4.45. The van der Waals surface area contributed by atoms with E-state index in [9.17, 15) is 27.6 Å². The molecule has 1 aromatic carbocycles. The van der Waals surface area contributed by atoms with Gasteiger partial charge in [0.15, 0.2) is 0 Å². The number of ether oxygens (including phenoxy) is 1. The Bertz CT molecular complexity index is 995. The van der Waals surface area contributed by atoms with Gasteiger partial charge in [0.25, 0.3) is 17.4 Å². The maximum Gasteiger partial charge on any atom is 0.417 e. The second-order valence-corrected chi connectivity index (χ2v) is 6.46. The Kier molecular flexibility index (Phi) is 5.73. The minimum absolute atomic E-state index is 0.133. The topological polar surface area (TPSA) is 80.6 Å². The molecular formula is C19H18F3N3O4. The predicted molar refractivity (Wildman–Crippen MR) is 97.8 cm³/mol. The molecule has 0 spiro atoms. The van der Waals surface area contributed by atoms with Crippen LogP contribution in [0.15, 0.2) is 41.3 Å². The van der Waals surface area contributed by atoms with Gasteiger partial charge in [-0.3, -0.25) is 14.4 Å². The van der Waals surface area contributed by atoms with Crippen LogP contribution in [-0.2, 0) is 18.0 Å². The van der Waals surface area contributed by atoms with Crippen molar-refractivity contribution in [1.82, 2.24) is 9.47 Å². The number of pyridine rings is 1. The number of benzene rings is 1. The number of halogens is 3. The normalized spacial score (nSPS) is 14.6. The second-order valence-electron chi connectivity index (χ2n) is 6.46. The van der Waals surface area contributed by atoms with Crippen LogP contribution in [0.3, 0.4) is 0 Å². The van der Waals surface area contributed by atoms with Crippen LogP contribution in [0.5, 0.6) is 0 Å². The van der Waals surface area contributed by atoms with Crippen molar-refractivity contribution in [3.05, 3.63) is 63.6 Å². The Morgan fingerprint density at radius 1 is 1.14 bits per heavy atom. The highest BCUT2D eigenvalue weighted by Crippen LogP contribution is 2.32. The fraction of sp³-hybridized carbons (Fsp3) is 0.316. The Morgan fingerprint density at radius 3 is 2.45 bits per heavy atom. The number of nitrogens with zero attached hydrogens (tertiary/aromatic N) is 2. The molecule has 1 aliphatic rings. The summed E-state index contributed by atoms with van der Waals surface area (Å²) in [6.07, 6.45) is -3.41. The van der Waals surface area contributed by atoms with E-state index in [0.29, 0.717) is 26.3 Å². The van der Waals surface area contributed by atoms with E-state index < -0.39 is 28.8 Å². The first kappa shape index (κ1) is 20.6. The van der Waals surface area contributed by atoms with Crippen LogP contribution in [0.25, 0.3) is 0 Å². The van der Waals surface area contributed by atoms with Gasteiger partial charge in [0.05, 0.1) is 29.9 Å². The number of morpholine rings is 1. The van der Waals surface area contributed by atoms with Crippen molar-refractivity contribution in [2.24, 2.45) is 7.05 Å². The number of amides is 2. The zero-order chi connectivity index (χ0) is 21.2. The van der Waals surface area contributed by atoms with E-state index >= 15 is 0 Å². The van der Waals surface area contributed by atoms with Crippen LogP contribution in [0, 0.1) is 0 Å². The molecule has 1 fully saturated rings. The van der Waals surface area contributed by atoms with Crippen LogP contribution in [0.4, 0.5) is 18.9 Å². The van der Waals surface area contributed by atoms with Gasteiger partial charge in [-0.2, -0.15) is 13.2 Å². The zero-order valence-electron chi connectivity index (χ0n) is 15.5. The predicted octanol–water partition coefficient (Wildman–Crippen LogP) is 2.13. The number of alkyl halides is 3. The number of aryl methyl sites for hydroxylation is 1. The third kappa shape index (κ3) is 4.48. The summed E-state index contributed by atoms with van der Waals surface area (Å²) in [7, 11) is 1.39. The standard InChI is InChI=1S/C19H18F3N3O4/c1-24-11-12(17(27)25-6-8-29-9-7-25)10-15(18(24)28)23-16(26)13-4-2-3-5-14(13)19(20,21)22/h2-5,10-11H,6-9H2,1H3,(H,23,26). The van der Waals surface area contributed by atoms with E-state index in [4.69, 9.17) is 4.74 Å². The smallest absolute Gasteiger partial charge is 0.378 e.